The van der Waals surface area contributed by atoms with Crippen LogP contribution in [-0.2, 0) is 75.2 Å². The van der Waals surface area contributed by atoms with E-state index < -0.39 is 170 Å². The number of unbranched alkanes of at least 4 members (excludes halogenated alkanes) is 2. The summed E-state index contributed by atoms with van der Waals surface area (Å²) in [6, 6.07) is 2.16. The lowest BCUT2D eigenvalue weighted by Gasteiger charge is -2.31. The largest absolute Gasteiger partial charge is 0.481 e. The highest BCUT2D eigenvalue weighted by Gasteiger charge is 2.41. The van der Waals surface area contributed by atoms with Crippen LogP contribution in [-0.4, -0.2) is 207 Å². The first-order chi connectivity index (χ1) is 45.6. The van der Waals surface area contributed by atoms with Gasteiger partial charge in [-0.3, -0.25) is 67.5 Å². The fraction of sp³-hybridized carbons (Fsp3) is 0.557. The molecule has 9 amide bonds. The van der Waals surface area contributed by atoms with Crippen molar-refractivity contribution in [2.45, 2.75) is 182 Å². The average molecular weight is 1350 g/mol. The van der Waals surface area contributed by atoms with E-state index >= 15 is 0 Å². The highest BCUT2D eigenvalue weighted by atomic mass is 16.4. The van der Waals surface area contributed by atoms with Gasteiger partial charge >= 0.3 is 23.9 Å². The molecule has 0 radical (unpaired) electrons. The minimum Gasteiger partial charge on any atom is -0.481 e. The zero-order valence-electron chi connectivity index (χ0n) is 53.5. The van der Waals surface area contributed by atoms with Crippen LogP contribution in [0.25, 0.3) is 0 Å². The summed E-state index contributed by atoms with van der Waals surface area (Å²) in [6.07, 6.45) is -2.69. The van der Waals surface area contributed by atoms with E-state index in [2.05, 4.69) is 52.5 Å². The summed E-state index contributed by atoms with van der Waals surface area (Å²) in [4.78, 5) is 185. The molecule has 2 aromatic rings. The zero-order chi connectivity index (χ0) is 71.3. The first-order valence-corrected chi connectivity index (χ1v) is 31.6. The summed E-state index contributed by atoms with van der Waals surface area (Å²) in [6.45, 7) is 0.392. The van der Waals surface area contributed by atoms with Gasteiger partial charge in [0, 0.05) is 38.9 Å². The number of guanidine groups is 2. The van der Waals surface area contributed by atoms with Crippen LogP contribution in [0.1, 0.15) is 120 Å². The van der Waals surface area contributed by atoms with Gasteiger partial charge in [0.2, 0.25) is 53.2 Å². The van der Waals surface area contributed by atoms with Gasteiger partial charge < -0.3 is 108 Å². The SMILES string of the molecule is NCCCC[C@H](NC(=O)[C@H](CCC(=O)O)NC(=O)[C@H](CCC(=O)O)NC(=O)[C@H](CCCN=C(N)N)NC(=O)[C@H](Cc1ccccc1)NC(=O)[C@@H]1CCCN1C(=O)[C@H](CCCCN)NC(=O)[C@@H](N)Cc1ccccc1)C(=O)N[C@@H](CC(=O)O)C(=O)N[C@@H](CCCN=C(N)N)C(=O)O. The van der Waals surface area contributed by atoms with Gasteiger partial charge in [-0.05, 0) is 121 Å². The molecule has 0 aromatic heterocycles. The first kappa shape index (κ1) is 80.2. The standard InChI is InChI=1S/C61H94N18O17/c62-27-9-7-18-38(52(88)77-45(34-49(84)85)56(92)76-43(59(95)96)21-12-30-70-61(67)68)71-53(89)40(23-25-47(80)81)74-54(90)41(24-26-48(82)83)73-51(87)39(20-11-29-69-60(65)66)72-55(91)44(33-36-16-5-2-6-17-36)78-57(93)46-22-13-31-79(46)58(94)42(19-8-10-28-63)75-50(86)37(64)32-35-14-3-1-4-15-35/h1-6,14-17,37-46H,7-13,18-34,62-64H2,(H,71,89)(H,72,91)(H,73,87)(H,74,90)(H,75,86)(H,76,92)(H,77,88)(H,78,93)(H,80,81)(H,82,83)(H,84,85)(H,95,96)(H4,65,66,69)(H4,67,68,70)/t37-,38-,39-,40-,41-,42-,43-,44-,45-,46-/m0/s1. The molecular weight excluding hydrogens is 1260 g/mol. The zero-order valence-corrected chi connectivity index (χ0v) is 53.5. The number of aliphatic imine (C=N–C) groups is 2. The lowest BCUT2D eigenvalue weighted by atomic mass is 10.0. The number of carbonyl (C=O) groups excluding carboxylic acids is 9. The summed E-state index contributed by atoms with van der Waals surface area (Å²) in [5.74, 6) is -15.5. The number of carboxylic acids is 4. The Labute approximate surface area is 554 Å². The van der Waals surface area contributed by atoms with Crippen molar-refractivity contribution in [3.8, 4) is 0 Å². The fourth-order valence-electron chi connectivity index (χ4n) is 10.2. The average Bonchev–Trinajstić information content (AvgIpc) is 1.57. The molecule has 1 heterocycles. The number of carboxylic acid groups (broad SMARTS) is 4. The molecule has 2 aromatic carbocycles. The number of rotatable bonds is 46. The van der Waals surface area contributed by atoms with Crippen molar-refractivity contribution in [3.63, 3.8) is 0 Å². The Balaban J connectivity index is 1.97. The number of carbonyl (C=O) groups is 13. The molecule has 1 fully saturated rings. The fourth-order valence-corrected chi connectivity index (χ4v) is 10.2. The Morgan fingerprint density at radius 1 is 0.448 bits per heavy atom. The number of nitrogens with zero attached hydrogens (tertiary/aromatic N) is 3. The summed E-state index contributed by atoms with van der Waals surface area (Å²) in [5.41, 5.74) is 40.8. The normalized spacial score (nSPS) is 15.3. The van der Waals surface area contributed by atoms with Gasteiger partial charge in [0.15, 0.2) is 11.9 Å². The summed E-state index contributed by atoms with van der Waals surface area (Å²) in [7, 11) is 0. The maximum Gasteiger partial charge on any atom is 0.326 e. The Hall–Kier alpha value is -10.0. The van der Waals surface area contributed by atoms with Crippen molar-refractivity contribution >= 4 is 89.0 Å². The second-order valence-corrected chi connectivity index (χ2v) is 22.9. The summed E-state index contributed by atoms with van der Waals surface area (Å²) >= 11 is 0. The summed E-state index contributed by atoms with van der Waals surface area (Å²) < 4.78 is 0. The number of likely N-dealkylation sites (tertiary alicyclic amines) is 1. The smallest absolute Gasteiger partial charge is 0.326 e. The van der Waals surface area contributed by atoms with Crippen molar-refractivity contribution in [1.82, 2.24) is 47.4 Å². The molecule has 35 nitrogen and oxygen atoms in total. The van der Waals surface area contributed by atoms with Crippen LogP contribution in [0, 0.1) is 0 Å². The van der Waals surface area contributed by atoms with Gasteiger partial charge in [0.1, 0.15) is 54.4 Å². The number of hydrogen-bond acceptors (Lipinski definition) is 18. The topological polar surface area (TPSA) is 609 Å². The lowest BCUT2D eigenvalue weighted by Crippen LogP contribution is -2.60. The number of aliphatic carboxylic acids is 4. The Kier molecular flexibility index (Phi) is 36.0. The monoisotopic (exact) mass is 1350 g/mol. The molecule has 1 aliphatic heterocycles. The van der Waals surface area contributed by atoms with Crippen molar-refractivity contribution in [2.75, 3.05) is 32.7 Å². The Morgan fingerprint density at radius 2 is 0.833 bits per heavy atom. The maximum absolute atomic E-state index is 14.7. The molecule has 3 rings (SSSR count). The van der Waals surface area contributed by atoms with E-state index in [0.717, 1.165) is 5.56 Å². The third-order valence-electron chi connectivity index (χ3n) is 15.2. The molecule has 26 N–H and O–H groups in total. The molecule has 1 aliphatic rings. The molecule has 0 spiro atoms. The maximum atomic E-state index is 14.7. The van der Waals surface area contributed by atoms with E-state index in [-0.39, 0.29) is 109 Å². The van der Waals surface area contributed by atoms with Crippen molar-refractivity contribution in [2.24, 2.45) is 50.1 Å². The number of amides is 9. The van der Waals surface area contributed by atoms with Gasteiger partial charge in [-0.2, -0.15) is 0 Å². The van der Waals surface area contributed by atoms with Gasteiger partial charge in [0.05, 0.1) is 12.5 Å². The quantitative estimate of drug-likeness (QED) is 0.0168. The van der Waals surface area contributed by atoms with Gasteiger partial charge in [-0.1, -0.05) is 60.7 Å². The van der Waals surface area contributed by atoms with Crippen LogP contribution >= 0.6 is 0 Å². The first-order valence-electron chi connectivity index (χ1n) is 31.6. The lowest BCUT2D eigenvalue weighted by molar-refractivity contribution is -0.144. The molecular formula is C61H94N18O17. The highest BCUT2D eigenvalue weighted by Crippen LogP contribution is 2.21. The van der Waals surface area contributed by atoms with Gasteiger partial charge in [0.25, 0.3) is 0 Å². The van der Waals surface area contributed by atoms with E-state index in [0.29, 0.717) is 31.4 Å². The molecule has 0 aliphatic carbocycles. The van der Waals surface area contributed by atoms with Crippen LogP contribution in [0.15, 0.2) is 70.6 Å². The molecule has 0 saturated carbocycles. The predicted octanol–water partition coefficient (Wildman–Crippen LogP) is -4.68. The molecule has 1 saturated heterocycles. The molecule has 0 bridgehead atoms. The van der Waals surface area contributed by atoms with Crippen LogP contribution in [0.4, 0.5) is 0 Å². The Morgan fingerprint density at radius 3 is 1.27 bits per heavy atom. The van der Waals surface area contributed by atoms with Crippen LogP contribution in [0.5, 0.6) is 0 Å². The van der Waals surface area contributed by atoms with E-state index in [9.17, 15) is 82.8 Å². The molecule has 96 heavy (non-hydrogen) atoms. The van der Waals surface area contributed by atoms with Gasteiger partial charge in [-0.25, -0.2) is 4.79 Å². The van der Waals surface area contributed by atoms with Crippen molar-refractivity contribution in [3.05, 3.63) is 71.8 Å². The minimum absolute atomic E-state index is 0.0128. The number of hydrogen-bond donors (Lipinski definition) is 19. The Bertz CT molecular complexity index is 2990. The minimum atomic E-state index is -1.94. The summed E-state index contributed by atoms with van der Waals surface area (Å²) in [5, 5.41) is 58.6. The molecule has 530 valence electrons. The highest BCUT2D eigenvalue weighted by molar-refractivity contribution is 5.99. The van der Waals surface area contributed by atoms with E-state index in [1.807, 2.05) is 18.2 Å². The van der Waals surface area contributed by atoms with Gasteiger partial charge in [-0.15, -0.1) is 0 Å². The predicted molar refractivity (Wildman–Crippen MR) is 348 cm³/mol. The third kappa shape index (κ3) is 30.4. The number of nitrogens with one attached hydrogen (secondary N) is 8. The molecule has 35 heteroatoms. The number of benzene rings is 2. The molecule has 10 atom stereocenters. The second-order valence-electron chi connectivity index (χ2n) is 22.9. The van der Waals surface area contributed by atoms with Crippen molar-refractivity contribution in [1.29, 1.82) is 0 Å². The molecule has 0 unspecified atom stereocenters. The third-order valence-corrected chi connectivity index (χ3v) is 15.2. The van der Waals surface area contributed by atoms with Crippen molar-refractivity contribution < 1.29 is 82.8 Å². The van der Waals surface area contributed by atoms with E-state index in [1.54, 1.807) is 42.5 Å². The van der Waals surface area contributed by atoms with Crippen LogP contribution in [0.2, 0.25) is 0 Å². The van der Waals surface area contributed by atoms with E-state index in [4.69, 9.17) is 40.1 Å². The van der Waals surface area contributed by atoms with Crippen LogP contribution < -0.4 is 82.7 Å². The van der Waals surface area contributed by atoms with Crippen LogP contribution in [0.3, 0.4) is 0 Å². The van der Waals surface area contributed by atoms with E-state index in [1.165, 1.54) is 4.90 Å². The second kappa shape index (κ2) is 43.0. The number of nitrogens with two attached hydrogens (primary N) is 7.